The monoisotopic (exact) mass is 447 g/mol. The van der Waals surface area contributed by atoms with Crippen LogP contribution in [0, 0.1) is 3.57 Å². The first-order chi connectivity index (χ1) is 10.8. The number of imidazole rings is 1. The molecular formula is C16H19ClIN3O2. The molecule has 23 heavy (non-hydrogen) atoms. The summed E-state index contributed by atoms with van der Waals surface area (Å²) >= 11 is 8.24. The van der Waals surface area contributed by atoms with Gasteiger partial charge in [0.25, 0.3) is 0 Å². The minimum atomic E-state index is -0.495. The lowest BCUT2D eigenvalue weighted by Crippen LogP contribution is -2.33. The first-order valence-electron chi connectivity index (χ1n) is 7.20. The zero-order valence-electron chi connectivity index (χ0n) is 13.3. The molecule has 1 aromatic heterocycles. The van der Waals surface area contributed by atoms with Crippen molar-refractivity contribution in [1.82, 2.24) is 14.9 Å². The van der Waals surface area contributed by atoms with Crippen molar-refractivity contribution in [3.05, 3.63) is 45.0 Å². The standard InChI is InChI=1S/C16H19ClIN3O2/c1-16(2,3)23-15(22)20-7-6-12-9-19-10-21(12)14-5-4-11(17)8-13(14)18/h4-5,8-10H,6-7H2,1-3H3,(H,20,22). The Hall–Kier alpha value is -1.28. The van der Waals surface area contributed by atoms with Gasteiger partial charge >= 0.3 is 6.09 Å². The molecule has 0 bridgehead atoms. The summed E-state index contributed by atoms with van der Waals surface area (Å²) in [5, 5.41) is 3.46. The minimum absolute atomic E-state index is 0.412. The van der Waals surface area contributed by atoms with E-state index in [0.29, 0.717) is 18.0 Å². The summed E-state index contributed by atoms with van der Waals surface area (Å²) in [5.41, 5.74) is 1.52. The minimum Gasteiger partial charge on any atom is -0.444 e. The Balaban J connectivity index is 2.01. The normalized spacial score (nSPS) is 11.3. The summed E-state index contributed by atoms with van der Waals surface area (Å²) in [5.74, 6) is 0. The molecule has 0 aliphatic carbocycles. The molecule has 0 fully saturated rings. The van der Waals surface area contributed by atoms with Crippen LogP contribution in [0.15, 0.2) is 30.7 Å². The van der Waals surface area contributed by atoms with E-state index in [2.05, 4.69) is 32.9 Å². The number of hydrogen-bond donors (Lipinski definition) is 1. The Morgan fingerprint density at radius 2 is 2.17 bits per heavy atom. The van der Waals surface area contributed by atoms with Gasteiger partial charge in [-0.25, -0.2) is 9.78 Å². The van der Waals surface area contributed by atoms with Gasteiger partial charge in [0.05, 0.1) is 12.0 Å². The fourth-order valence-electron chi connectivity index (χ4n) is 2.01. The third kappa shape index (κ3) is 5.39. The SMILES string of the molecule is CC(C)(C)OC(=O)NCCc1cncn1-c1ccc(Cl)cc1I. The summed E-state index contributed by atoms with van der Waals surface area (Å²) < 4.78 is 8.25. The van der Waals surface area contributed by atoms with Crippen LogP contribution in [0.2, 0.25) is 5.02 Å². The van der Waals surface area contributed by atoms with Crippen molar-refractivity contribution in [3.63, 3.8) is 0 Å². The van der Waals surface area contributed by atoms with Gasteiger partial charge in [-0.15, -0.1) is 0 Å². The molecule has 0 spiro atoms. The van der Waals surface area contributed by atoms with Crippen molar-refractivity contribution in [2.45, 2.75) is 32.8 Å². The number of halogens is 2. The number of carbonyl (C=O) groups excluding carboxylic acids is 1. The number of aromatic nitrogens is 2. The number of benzene rings is 1. The van der Waals surface area contributed by atoms with E-state index >= 15 is 0 Å². The third-order valence-electron chi connectivity index (χ3n) is 2.93. The fraction of sp³-hybridized carbons (Fsp3) is 0.375. The first-order valence-corrected chi connectivity index (χ1v) is 8.65. The van der Waals surface area contributed by atoms with Gasteiger partial charge in [0.1, 0.15) is 5.60 Å². The van der Waals surface area contributed by atoms with Crippen molar-refractivity contribution in [2.75, 3.05) is 6.54 Å². The van der Waals surface area contributed by atoms with Gasteiger partial charge in [-0.05, 0) is 61.6 Å². The zero-order valence-corrected chi connectivity index (χ0v) is 16.2. The second-order valence-corrected chi connectivity index (χ2v) is 7.63. The van der Waals surface area contributed by atoms with Crippen LogP contribution in [-0.2, 0) is 11.2 Å². The topological polar surface area (TPSA) is 56.1 Å². The van der Waals surface area contributed by atoms with Crippen molar-refractivity contribution >= 4 is 40.3 Å². The summed E-state index contributed by atoms with van der Waals surface area (Å²) in [4.78, 5) is 15.9. The molecule has 7 heteroatoms. The number of ether oxygens (including phenoxy) is 1. The molecule has 1 N–H and O–H groups in total. The number of alkyl carbamates (subject to hydrolysis) is 1. The van der Waals surface area contributed by atoms with Crippen LogP contribution in [-0.4, -0.2) is 27.8 Å². The Morgan fingerprint density at radius 3 is 2.83 bits per heavy atom. The van der Waals surface area contributed by atoms with Gasteiger partial charge in [0.2, 0.25) is 0 Å². The van der Waals surface area contributed by atoms with Gasteiger partial charge in [-0.3, -0.25) is 0 Å². The smallest absolute Gasteiger partial charge is 0.407 e. The van der Waals surface area contributed by atoms with Crippen molar-refractivity contribution in [2.24, 2.45) is 0 Å². The van der Waals surface area contributed by atoms with Gasteiger partial charge in [0.15, 0.2) is 0 Å². The van der Waals surface area contributed by atoms with Crippen LogP contribution < -0.4 is 5.32 Å². The van der Waals surface area contributed by atoms with E-state index in [-0.39, 0.29) is 0 Å². The van der Waals surface area contributed by atoms with Crippen LogP contribution in [0.5, 0.6) is 0 Å². The predicted octanol–water partition coefficient (Wildman–Crippen LogP) is 4.20. The molecular weight excluding hydrogens is 429 g/mol. The fourth-order valence-corrected chi connectivity index (χ4v) is 3.14. The Labute approximate surface area is 154 Å². The quantitative estimate of drug-likeness (QED) is 0.715. The van der Waals surface area contributed by atoms with E-state index in [1.165, 1.54) is 0 Å². The summed E-state index contributed by atoms with van der Waals surface area (Å²) in [7, 11) is 0. The van der Waals surface area contributed by atoms with Gasteiger partial charge < -0.3 is 14.6 Å². The lowest BCUT2D eigenvalue weighted by atomic mass is 10.2. The number of rotatable bonds is 4. The van der Waals surface area contributed by atoms with Gasteiger partial charge in [0, 0.05) is 33.4 Å². The number of carbonyl (C=O) groups is 1. The van der Waals surface area contributed by atoms with Gasteiger partial charge in [-0.1, -0.05) is 11.6 Å². The van der Waals surface area contributed by atoms with E-state index < -0.39 is 11.7 Å². The second kappa shape index (κ2) is 7.53. The highest BCUT2D eigenvalue weighted by Crippen LogP contribution is 2.22. The maximum absolute atomic E-state index is 11.7. The van der Waals surface area contributed by atoms with E-state index in [4.69, 9.17) is 16.3 Å². The molecule has 1 heterocycles. The molecule has 2 aromatic rings. The van der Waals surface area contributed by atoms with Crippen LogP contribution in [0.25, 0.3) is 5.69 Å². The van der Waals surface area contributed by atoms with E-state index in [1.807, 2.05) is 43.5 Å². The zero-order chi connectivity index (χ0) is 17.0. The molecule has 0 radical (unpaired) electrons. The van der Waals surface area contributed by atoms with Crippen LogP contribution >= 0.6 is 34.2 Å². The molecule has 1 aromatic carbocycles. The summed E-state index contributed by atoms with van der Waals surface area (Å²) in [6, 6.07) is 5.71. The van der Waals surface area contributed by atoms with E-state index in [0.717, 1.165) is 15.0 Å². The number of nitrogens with zero attached hydrogens (tertiary/aromatic N) is 2. The number of amides is 1. The molecule has 124 valence electrons. The largest absolute Gasteiger partial charge is 0.444 e. The highest BCUT2D eigenvalue weighted by atomic mass is 127. The molecule has 0 aliphatic rings. The predicted molar refractivity (Wildman–Crippen MR) is 99.2 cm³/mol. The Bertz CT molecular complexity index is 695. The van der Waals surface area contributed by atoms with Crippen LogP contribution in [0.3, 0.4) is 0 Å². The molecule has 5 nitrogen and oxygen atoms in total. The van der Waals surface area contributed by atoms with Crippen molar-refractivity contribution in [1.29, 1.82) is 0 Å². The van der Waals surface area contributed by atoms with E-state index in [9.17, 15) is 4.79 Å². The van der Waals surface area contributed by atoms with Gasteiger partial charge in [-0.2, -0.15) is 0 Å². The lowest BCUT2D eigenvalue weighted by molar-refractivity contribution is 0.0528. The highest BCUT2D eigenvalue weighted by molar-refractivity contribution is 14.1. The summed E-state index contributed by atoms with van der Waals surface area (Å²) in [6.45, 7) is 5.99. The average molecular weight is 448 g/mol. The first kappa shape index (κ1) is 18.1. The molecule has 0 atom stereocenters. The summed E-state index contributed by atoms with van der Waals surface area (Å²) in [6.07, 6.45) is 3.79. The third-order valence-corrected chi connectivity index (χ3v) is 4.03. The molecule has 2 rings (SSSR count). The van der Waals surface area contributed by atoms with Crippen molar-refractivity contribution < 1.29 is 9.53 Å². The molecule has 0 saturated carbocycles. The molecule has 0 saturated heterocycles. The average Bonchev–Trinajstić information content (AvgIpc) is 2.85. The van der Waals surface area contributed by atoms with Crippen LogP contribution in [0.4, 0.5) is 4.79 Å². The Kier molecular flexibility index (Phi) is 5.91. The van der Waals surface area contributed by atoms with Crippen LogP contribution in [0.1, 0.15) is 26.5 Å². The number of hydrogen-bond acceptors (Lipinski definition) is 3. The molecule has 0 aliphatic heterocycles. The lowest BCUT2D eigenvalue weighted by Gasteiger charge is -2.19. The Morgan fingerprint density at radius 1 is 1.43 bits per heavy atom. The molecule has 0 unspecified atom stereocenters. The highest BCUT2D eigenvalue weighted by Gasteiger charge is 2.16. The molecule has 1 amide bonds. The van der Waals surface area contributed by atoms with Crippen molar-refractivity contribution in [3.8, 4) is 5.69 Å². The number of nitrogens with one attached hydrogen (secondary N) is 1. The van der Waals surface area contributed by atoms with E-state index in [1.54, 1.807) is 12.5 Å². The second-order valence-electron chi connectivity index (χ2n) is 6.03. The maximum atomic E-state index is 11.7. The maximum Gasteiger partial charge on any atom is 0.407 e.